The number of hydrogen-bond donors (Lipinski definition) is 0. The van der Waals surface area contributed by atoms with Gasteiger partial charge in [-0.2, -0.15) is 0 Å². The minimum atomic E-state index is -0.857. The largest absolute Gasteiger partial charge is 0.465 e. The van der Waals surface area contributed by atoms with Gasteiger partial charge in [-0.15, -0.1) is 0 Å². The number of likely N-dealkylation sites (tertiary alicyclic amines) is 1. The molecule has 1 aliphatic rings. The number of carbonyl (C=O) groups is 2. The number of rotatable bonds is 6. The van der Waals surface area contributed by atoms with Crippen molar-refractivity contribution in [2.24, 2.45) is 11.8 Å². The average molecular weight is 367 g/mol. The standard InChI is InChI=1S/C20H27F2NO3/c1-13(2)5-4-12-26-20(25)15-8-10-23(11-9-15)19(24)17-16(21)7-6-14(3)18(17)22/h6-7,13,15H,4-5,8-12H2,1-3H3. The van der Waals surface area contributed by atoms with Crippen molar-refractivity contribution in [3.63, 3.8) is 0 Å². The minimum Gasteiger partial charge on any atom is -0.465 e. The van der Waals surface area contributed by atoms with Crippen LogP contribution in [0.25, 0.3) is 0 Å². The molecule has 4 nitrogen and oxygen atoms in total. The molecule has 1 aliphatic heterocycles. The molecule has 1 saturated heterocycles. The minimum absolute atomic E-state index is 0.231. The van der Waals surface area contributed by atoms with E-state index >= 15 is 0 Å². The lowest BCUT2D eigenvalue weighted by molar-refractivity contribution is -0.150. The summed E-state index contributed by atoms with van der Waals surface area (Å²) in [4.78, 5) is 26.0. The molecule has 1 amide bonds. The Labute approximate surface area is 153 Å². The van der Waals surface area contributed by atoms with Crippen LogP contribution in [0, 0.1) is 30.4 Å². The summed E-state index contributed by atoms with van der Waals surface area (Å²) in [5.74, 6) is -2.26. The molecular weight excluding hydrogens is 340 g/mol. The second kappa shape index (κ2) is 9.10. The normalized spacial score (nSPS) is 15.4. The Balaban J connectivity index is 1.87. The van der Waals surface area contributed by atoms with Crippen LogP contribution in [-0.4, -0.2) is 36.5 Å². The molecular formula is C20H27F2NO3. The van der Waals surface area contributed by atoms with Crippen LogP contribution in [0.5, 0.6) is 0 Å². The monoisotopic (exact) mass is 367 g/mol. The molecule has 2 rings (SSSR count). The maximum Gasteiger partial charge on any atom is 0.309 e. The molecule has 0 spiro atoms. The molecule has 1 fully saturated rings. The molecule has 0 saturated carbocycles. The Kier molecular flexibility index (Phi) is 7.12. The van der Waals surface area contributed by atoms with E-state index in [2.05, 4.69) is 13.8 Å². The summed E-state index contributed by atoms with van der Waals surface area (Å²) in [5.41, 5.74) is -0.283. The molecule has 0 atom stereocenters. The van der Waals surface area contributed by atoms with E-state index in [-0.39, 0.29) is 30.5 Å². The molecule has 6 heteroatoms. The van der Waals surface area contributed by atoms with Gasteiger partial charge in [-0.05, 0) is 50.2 Å². The molecule has 144 valence electrons. The van der Waals surface area contributed by atoms with Crippen molar-refractivity contribution < 1.29 is 23.1 Å². The van der Waals surface area contributed by atoms with Gasteiger partial charge in [0.2, 0.25) is 0 Å². The van der Waals surface area contributed by atoms with E-state index in [4.69, 9.17) is 4.74 Å². The van der Waals surface area contributed by atoms with Gasteiger partial charge in [0, 0.05) is 13.1 Å². The molecule has 0 bridgehead atoms. The molecule has 0 unspecified atom stereocenters. The van der Waals surface area contributed by atoms with E-state index in [0.29, 0.717) is 25.4 Å². The van der Waals surface area contributed by atoms with Gasteiger partial charge in [0.1, 0.15) is 17.2 Å². The quantitative estimate of drug-likeness (QED) is 0.562. The maximum absolute atomic E-state index is 14.1. The number of piperidine rings is 1. The first-order valence-electron chi connectivity index (χ1n) is 9.21. The molecule has 0 N–H and O–H groups in total. The molecule has 1 aromatic carbocycles. The predicted octanol–water partition coefficient (Wildman–Crippen LogP) is 4.10. The van der Waals surface area contributed by atoms with Gasteiger partial charge < -0.3 is 9.64 Å². The summed E-state index contributed by atoms with van der Waals surface area (Å²) in [5, 5.41) is 0. The highest BCUT2D eigenvalue weighted by Gasteiger charge is 2.31. The summed E-state index contributed by atoms with van der Waals surface area (Å²) in [6.45, 7) is 6.72. The number of aryl methyl sites for hydroxylation is 1. The average Bonchev–Trinajstić information content (AvgIpc) is 2.62. The first-order valence-corrected chi connectivity index (χ1v) is 9.21. The second-order valence-electron chi connectivity index (χ2n) is 7.32. The molecule has 1 aromatic rings. The molecule has 1 heterocycles. The number of amides is 1. The number of nitrogens with zero attached hydrogens (tertiary/aromatic N) is 1. The number of carbonyl (C=O) groups excluding carboxylic acids is 2. The predicted molar refractivity (Wildman–Crippen MR) is 94.8 cm³/mol. The number of ether oxygens (including phenoxy) is 1. The summed E-state index contributed by atoms with van der Waals surface area (Å²) in [7, 11) is 0. The Morgan fingerprint density at radius 1 is 1.23 bits per heavy atom. The first kappa shape index (κ1) is 20.3. The maximum atomic E-state index is 14.1. The van der Waals surface area contributed by atoms with Crippen molar-refractivity contribution in [3.8, 4) is 0 Å². The zero-order chi connectivity index (χ0) is 19.3. The van der Waals surface area contributed by atoms with Gasteiger partial charge in [0.15, 0.2) is 0 Å². The van der Waals surface area contributed by atoms with Crippen LogP contribution < -0.4 is 0 Å². The summed E-state index contributed by atoms with van der Waals surface area (Å²) >= 11 is 0. The van der Waals surface area contributed by atoms with Crippen molar-refractivity contribution in [3.05, 3.63) is 34.9 Å². The van der Waals surface area contributed by atoms with Gasteiger partial charge in [0.05, 0.1) is 12.5 Å². The third kappa shape index (κ3) is 5.02. The lowest BCUT2D eigenvalue weighted by Gasteiger charge is -2.31. The smallest absolute Gasteiger partial charge is 0.309 e. The highest BCUT2D eigenvalue weighted by atomic mass is 19.1. The van der Waals surface area contributed by atoms with Gasteiger partial charge in [0.25, 0.3) is 5.91 Å². The number of halogens is 2. The molecule has 0 aliphatic carbocycles. The molecule has 26 heavy (non-hydrogen) atoms. The van der Waals surface area contributed by atoms with Crippen molar-refractivity contribution in [2.75, 3.05) is 19.7 Å². The van der Waals surface area contributed by atoms with Crippen molar-refractivity contribution in [1.82, 2.24) is 4.90 Å². The lowest BCUT2D eigenvalue weighted by Crippen LogP contribution is -2.41. The van der Waals surface area contributed by atoms with Crippen molar-refractivity contribution in [1.29, 1.82) is 0 Å². The fraction of sp³-hybridized carbons (Fsp3) is 0.600. The molecule has 0 radical (unpaired) electrons. The lowest BCUT2D eigenvalue weighted by atomic mass is 9.96. The van der Waals surface area contributed by atoms with Crippen LogP contribution in [0.15, 0.2) is 12.1 Å². The van der Waals surface area contributed by atoms with Gasteiger partial charge >= 0.3 is 5.97 Å². The van der Waals surface area contributed by atoms with E-state index in [1.807, 2.05) is 0 Å². The van der Waals surface area contributed by atoms with E-state index in [1.54, 1.807) is 0 Å². The van der Waals surface area contributed by atoms with E-state index < -0.39 is 23.1 Å². The van der Waals surface area contributed by atoms with Crippen LogP contribution in [0.2, 0.25) is 0 Å². The SMILES string of the molecule is Cc1ccc(F)c(C(=O)N2CCC(C(=O)OCCCC(C)C)CC2)c1F. The summed E-state index contributed by atoms with van der Waals surface area (Å²) in [6.07, 6.45) is 2.74. The van der Waals surface area contributed by atoms with Crippen molar-refractivity contribution in [2.45, 2.75) is 46.5 Å². The Hall–Kier alpha value is -1.98. The third-order valence-electron chi connectivity index (χ3n) is 4.78. The fourth-order valence-corrected chi connectivity index (χ4v) is 3.11. The molecule has 0 aromatic heterocycles. The van der Waals surface area contributed by atoms with Gasteiger partial charge in [-0.25, -0.2) is 8.78 Å². The Morgan fingerprint density at radius 3 is 2.50 bits per heavy atom. The Bertz CT molecular complexity index is 653. The topological polar surface area (TPSA) is 46.6 Å². The number of esters is 1. The second-order valence-corrected chi connectivity index (χ2v) is 7.32. The summed E-state index contributed by atoms with van der Waals surface area (Å²) in [6, 6.07) is 2.41. The third-order valence-corrected chi connectivity index (χ3v) is 4.78. The number of hydrogen-bond acceptors (Lipinski definition) is 3. The first-order chi connectivity index (χ1) is 12.3. The van der Waals surface area contributed by atoms with Crippen LogP contribution in [0.1, 0.15) is 55.5 Å². The van der Waals surface area contributed by atoms with Crippen LogP contribution in [-0.2, 0) is 9.53 Å². The zero-order valence-electron chi connectivity index (χ0n) is 15.7. The van der Waals surface area contributed by atoms with Crippen LogP contribution in [0.3, 0.4) is 0 Å². The van der Waals surface area contributed by atoms with E-state index in [1.165, 1.54) is 17.9 Å². The highest BCUT2D eigenvalue weighted by molar-refractivity contribution is 5.95. The van der Waals surface area contributed by atoms with Gasteiger partial charge in [-0.3, -0.25) is 9.59 Å². The van der Waals surface area contributed by atoms with Crippen molar-refractivity contribution >= 4 is 11.9 Å². The fourth-order valence-electron chi connectivity index (χ4n) is 3.11. The summed E-state index contributed by atoms with van der Waals surface area (Å²) < 4.78 is 33.4. The zero-order valence-corrected chi connectivity index (χ0v) is 15.7. The van der Waals surface area contributed by atoms with E-state index in [0.717, 1.165) is 18.9 Å². The van der Waals surface area contributed by atoms with Crippen LogP contribution >= 0.6 is 0 Å². The van der Waals surface area contributed by atoms with Gasteiger partial charge in [-0.1, -0.05) is 19.9 Å². The number of benzene rings is 1. The Morgan fingerprint density at radius 2 is 1.88 bits per heavy atom. The highest BCUT2D eigenvalue weighted by Crippen LogP contribution is 2.23. The van der Waals surface area contributed by atoms with E-state index in [9.17, 15) is 18.4 Å². The van der Waals surface area contributed by atoms with Crippen LogP contribution in [0.4, 0.5) is 8.78 Å².